The van der Waals surface area contributed by atoms with Crippen molar-refractivity contribution in [3.63, 3.8) is 0 Å². The van der Waals surface area contributed by atoms with Gasteiger partial charge in [-0.15, -0.1) is 0 Å². The molecule has 0 atom stereocenters. The van der Waals surface area contributed by atoms with Crippen molar-refractivity contribution >= 4 is 0 Å². The summed E-state index contributed by atoms with van der Waals surface area (Å²) in [4.78, 5) is 0. The Balaban J connectivity index is 2.67. The van der Waals surface area contributed by atoms with Gasteiger partial charge in [-0.05, 0) is 12.1 Å². The first-order chi connectivity index (χ1) is 3.97. The first-order valence-corrected chi connectivity index (χ1v) is 2.51. The molecule has 0 aromatic carbocycles. The Morgan fingerprint density at radius 1 is 1.62 bits per heavy atom. The molecule has 3 heteroatoms. The van der Waals surface area contributed by atoms with Crippen molar-refractivity contribution in [1.82, 2.24) is 4.68 Å². The first-order valence-electron chi connectivity index (χ1n) is 2.51. The Morgan fingerprint density at radius 2 is 2.62 bits per heavy atom. The second-order valence-electron chi connectivity index (χ2n) is 1.73. The number of rotatable bonds is 0. The van der Waals surface area contributed by atoms with Crippen molar-refractivity contribution in [2.24, 2.45) is 10.3 Å². The van der Waals surface area contributed by atoms with Gasteiger partial charge in [-0.1, -0.05) is 5.22 Å². The molecule has 0 aliphatic carbocycles. The maximum Gasteiger partial charge on any atom is 0.104 e. The summed E-state index contributed by atoms with van der Waals surface area (Å²) in [6.07, 6.45) is 1.89. The van der Waals surface area contributed by atoms with Gasteiger partial charge in [0.2, 0.25) is 0 Å². The third-order valence-corrected chi connectivity index (χ3v) is 1.20. The Hall–Kier alpha value is -1.12. The van der Waals surface area contributed by atoms with E-state index in [0.717, 1.165) is 6.54 Å². The highest BCUT2D eigenvalue weighted by molar-refractivity contribution is 5.07. The van der Waals surface area contributed by atoms with Crippen LogP contribution in [0.4, 0.5) is 0 Å². The maximum atomic E-state index is 3.80. The molecule has 0 saturated heterocycles. The normalized spacial score (nSPS) is 14.5. The summed E-state index contributed by atoms with van der Waals surface area (Å²) >= 11 is 0. The molecule has 1 aromatic heterocycles. The quantitative estimate of drug-likeness (QED) is 0.477. The lowest BCUT2D eigenvalue weighted by Gasteiger charge is -1.82. The molecular formula is C5H5N3. The van der Waals surface area contributed by atoms with Crippen LogP contribution in [0.1, 0.15) is 5.69 Å². The molecule has 8 heavy (non-hydrogen) atoms. The van der Waals surface area contributed by atoms with Crippen molar-refractivity contribution in [3.05, 3.63) is 24.0 Å². The van der Waals surface area contributed by atoms with Crippen LogP contribution < -0.4 is 0 Å². The van der Waals surface area contributed by atoms with E-state index >= 15 is 0 Å². The summed E-state index contributed by atoms with van der Waals surface area (Å²) in [6, 6.07) is 3.98. The molecule has 1 aromatic rings. The third kappa shape index (κ3) is 0.332. The van der Waals surface area contributed by atoms with E-state index in [1.165, 1.54) is 5.69 Å². The van der Waals surface area contributed by atoms with E-state index in [1.807, 2.05) is 18.3 Å². The molecule has 0 bridgehead atoms. The highest BCUT2D eigenvalue weighted by Gasteiger charge is 2.02. The summed E-state index contributed by atoms with van der Waals surface area (Å²) in [5.41, 5.74) is 1.17. The van der Waals surface area contributed by atoms with Crippen LogP contribution in [-0.2, 0) is 6.54 Å². The van der Waals surface area contributed by atoms with Crippen LogP contribution >= 0.6 is 0 Å². The minimum atomic E-state index is 0.743. The molecule has 2 heterocycles. The molecule has 3 nitrogen and oxygen atoms in total. The van der Waals surface area contributed by atoms with Gasteiger partial charge < -0.3 is 0 Å². The molecule has 40 valence electrons. The number of nitrogens with zero attached hydrogens (tertiary/aromatic N) is 3. The van der Waals surface area contributed by atoms with E-state index in [0.29, 0.717) is 0 Å². The van der Waals surface area contributed by atoms with Gasteiger partial charge in [0.1, 0.15) is 6.54 Å². The molecule has 1 aliphatic rings. The molecule has 0 radical (unpaired) electrons. The van der Waals surface area contributed by atoms with Crippen molar-refractivity contribution in [2.75, 3.05) is 0 Å². The van der Waals surface area contributed by atoms with E-state index < -0.39 is 0 Å². The van der Waals surface area contributed by atoms with Gasteiger partial charge in [0.25, 0.3) is 0 Å². The number of fused-ring (bicyclic) bond motifs is 1. The van der Waals surface area contributed by atoms with Crippen LogP contribution in [-0.4, -0.2) is 4.68 Å². The zero-order valence-electron chi connectivity index (χ0n) is 4.28. The van der Waals surface area contributed by atoms with Crippen LogP contribution in [0.25, 0.3) is 0 Å². The van der Waals surface area contributed by atoms with Crippen LogP contribution in [0.3, 0.4) is 0 Å². The fourth-order valence-corrected chi connectivity index (χ4v) is 0.792. The minimum absolute atomic E-state index is 0.743. The van der Waals surface area contributed by atoms with Gasteiger partial charge in [-0.2, -0.15) is 5.11 Å². The van der Waals surface area contributed by atoms with Crippen LogP contribution in [0.2, 0.25) is 0 Å². The van der Waals surface area contributed by atoms with E-state index in [4.69, 9.17) is 0 Å². The van der Waals surface area contributed by atoms with Gasteiger partial charge in [-0.3, -0.25) is 0 Å². The van der Waals surface area contributed by atoms with E-state index in [9.17, 15) is 0 Å². The minimum Gasteiger partial charge on any atom is -0.225 e. The van der Waals surface area contributed by atoms with Crippen LogP contribution in [0, 0.1) is 0 Å². The predicted octanol–water partition coefficient (Wildman–Crippen LogP) is 1.22. The highest BCUT2D eigenvalue weighted by Crippen LogP contribution is 2.09. The molecule has 0 saturated carbocycles. The maximum absolute atomic E-state index is 3.80. The topological polar surface area (TPSA) is 29.6 Å². The van der Waals surface area contributed by atoms with Gasteiger partial charge >= 0.3 is 0 Å². The van der Waals surface area contributed by atoms with Crippen molar-refractivity contribution in [3.8, 4) is 0 Å². The largest absolute Gasteiger partial charge is 0.225 e. The molecular weight excluding hydrogens is 102 g/mol. The lowest BCUT2D eigenvalue weighted by Crippen LogP contribution is -1.81. The molecule has 0 N–H and O–H groups in total. The summed E-state index contributed by atoms with van der Waals surface area (Å²) in [5.74, 6) is 0. The SMILES string of the molecule is c1cc2n(c1)N=NC2. The highest BCUT2D eigenvalue weighted by atomic mass is 15.5. The molecule has 0 unspecified atom stereocenters. The van der Waals surface area contributed by atoms with Gasteiger partial charge in [0.05, 0.1) is 5.69 Å². The Bertz CT molecular complexity index is 223. The fourth-order valence-electron chi connectivity index (χ4n) is 0.792. The lowest BCUT2D eigenvalue weighted by molar-refractivity contribution is 0.849. The smallest absolute Gasteiger partial charge is 0.104 e. The summed E-state index contributed by atoms with van der Waals surface area (Å²) in [5, 5.41) is 7.60. The van der Waals surface area contributed by atoms with Crippen molar-refractivity contribution in [2.45, 2.75) is 6.54 Å². The Kier molecular flexibility index (Phi) is 0.566. The Morgan fingerprint density at radius 3 is 3.50 bits per heavy atom. The predicted molar refractivity (Wildman–Crippen MR) is 28.4 cm³/mol. The van der Waals surface area contributed by atoms with Gasteiger partial charge in [-0.25, -0.2) is 4.68 Å². The van der Waals surface area contributed by atoms with Gasteiger partial charge in [0.15, 0.2) is 0 Å². The van der Waals surface area contributed by atoms with Gasteiger partial charge in [0, 0.05) is 6.20 Å². The monoisotopic (exact) mass is 107 g/mol. The number of hydrogen-bond acceptors (Lipinski definition) is 2. The Labute approximate surface area is 46.6 Å². The first kappa shape index (κ1) is 3.83. The molecule has 0 fully saturated rings. The fraction of sp³-hybridized carbons (Fsp3) is 0.200. The second-order valence-corrected chi connectivity index (χ2v) is 1.73. The van der Waals surface area contributed by atoms with E-state index in [1.54, 1.807) is 4.68 Å². The summed E-state index contributed by atoms with van der Waals surface area (Å²) in [6.45, 7) is 0.743. The van der Waals surface area contributed by atoms with Crippen molar-refractivity contribution < 1.29 is 0 Å². The average molecular weight is 107 g/mol. The van der Waals surface area contributed by atoms with E-state index in [-0.39, 0.29) is 0 Å². The third-order valence-electron chi connectivity index (χ3n) is 1.20. The standard InChI is InChI=1S/C5H5N3/c1-2-5-4-6-7-8(5)3-1/h1-3H,4H2. The average Bonchev–Trinajstić information content (AvgIpc) is 2.15. The zero-order valence-corrected chi connectivity index (χ0v) is 4.28. The molecule has 0 spiro atoms. The summed E-state index contributed by atoms with van der Waals surface area (Å²) < 4.78 is 1.78. The zero-order chi connectivity index (χ0) is 5.40. The van der Waals surface area contributed by atoms with E-state index in [2.05, 4.69) is 10.3 Å². The summed E-state index contributed by atoms with van der Waals surface area (Å²) in [7, 11) is 0. The molecule has 1 aliphatic heterocycles. The number of aromatic nitrogens is 1. The molecule has 2 rings (SSSR count). The van der Waals surface area contributed by atoms with Crippen molar-refractivity contribution in [1.29, 1.82) is 0 Å². The van der Waals surface area contributed by atoms with Crippen LogP contribution in [0.5, 0.6) is 0 Å². The number of hydrogen-bond donors (Lipinski definition) is 0. The lowest BCUT2D eigenvalue weighted by atomic mass is 10.4. The van der Waals surface area contributed by atoms with Crippen LogP contribution in [0.15, 0.2) is 28.7 Å². The second kappa shape index (κ2) is 1.18. The molecule has 0 amide bonds.